The summed E-state index contributed by atoms with van der Waals surface area (Å²) in [5, 5.41) is 9.92. The summed E-state index contributed by atoms with van der Waals surface area (Å²) in [4.78, 5) is 37.9. The molecule has 0 aliphatic rings. The first kappa shape index (κ1) is 25.8. The van der Waals surface area contributed by atoms with E-state index >= 15 is 0 Å². The quantitative estimate of drug-likeness (QED) is 0.340. The minimum Gasteiger partial charge on any atom is -0.493 e. The Morgan fingerprint density at radius 1 is 0.771 bits per heavy atom. The molecule has 0 radical (unpaired) electrons. The molecule has 0 aliphatic carbocycles. The van der Waals surface area contributed by atoms with Gasteiger partial charge in [0.2, 0.25) is 5.75 Å². The van der Waals surface area contributed by atoms with Crippen molar-refractivity contribution in [2.45, 2.75) is 18.8 Å². The van der Waals surface area contributed by atoms with Gasteiger partial charge < -0.3 is 19.3 Å². The molecule has 182 valence electrons. The van der Waals surface area contributed by atoms with Gasteiger partial charge in [-0.05, 0) is 60.0 Å². The van der Waals surface area contributed by atoms with Gasteiger partial charge in [-0.15, -0.1) is 0 Å². The molecule has 0 aliphatic heterocycles. The molecule has 0 amide bonds. The maximum atomic E-state index is 13.3. The molecule has 1 N–H and O–H groups in total. The molecule has 7 nitrogen and oxygen atoms in total. The Kier molecular flexibility index (Phi) is 8.49. The maximum Gasteiger partial charge on any atom is 0.335 e. The van der Waals surface area contributed by atoms with Gasteiger partial charge in [-0.25, -0.2) is 4.79 Å². The van der Waals surface area contributed by atoms with E-state index in [-0.39, 0.29) is 30.0 Å². The summed E-state index contributed by atoms with van der Waals surface area (Å²) in [6, 6.07) is 15.9. The van der Waals surface area contributed by atoms with Crippen LogP contribution >= 0.6 is 11.6 Å². The van der Waals surface area contributed by atoms with Crippen molar-refractivity contribution in [1.29, 1.82) is 0 Å². The highest BCUT2D eigenvalue weighted by Gasteiger charge is 2.24. The standard InChI is InChI=1S/C27H25ClO7/c1-33-24-14-20(15-25(34-2)26(24)35-3)23(30)13-19(17-5-4-6-18(11-17)27(31)32)12-22(29)16-7-9-21(28)10-8-16/h4-11,14-15,19H,12-13H2,1-3H3,(H,31,32). The number of methoxy groups -OCH3 is 3. The number of hydrogen-bond donors (Lipinski definition) is 1. The van der Waals surface area contributed by atoms with E-state index in [1.165, 1.54) is 33.5 Å². The molecule has 0 aromatic heterocycles. The van der Waals surface area contributed by atoms with Crippen molar-refractivity contribution < 1.29 is 33.7 Å². The molecule has 0 heterocycles. The highest BCUT2D eigenvalue weighted by Crippen LogP contribution is 2.39. The number of carboxylic acids is 1. The molecule has 35 heavy (non-hydrogen) atoms. The smallest absolute Gasteiger partial charge is 0.335 e. The summed E-state index contributed by atoms with van der Waals surface area (Å²) < 4.78 is 16.0. The number of carbonyl (C=O) groups is 3. The number of carboxylic acid groups (broad SMARTS) is 1. The first-order valence-electron chi connectivity index (χ1n) is 10.7. The number of carbonyl (C=O) groups excluding carboxylic acids is 2. The molecule has 0 saturated heterocycles. The van der Waals surface area contributed by atoms with E-state index in [0.29, 0.717) is 39.0 Å². The van der Waals surface area contributed by atoms with Crippen LogP contribution < -0.4 is 14.2 Å². The highest BCUT2D eigenvalue weighted by molar-refractivity contribution is 6.30. The van der Waals surface area contributed by atoms with Gasteiger partial charge in [-0.3, -0.25) is 9.59 Å². The fourth-order valence-electron chi connectivity index (χ4n) is 3.79. The predicted octanol–water partition coefficient (Wildman–Crippen LogP) is 5.69. The van der Waals surface area contributed by atoms with Crippen LogP contribution in [0.25, 0.3) is 0 Å². The monoisotopic (exact) mass is 496 g/mol. The van der Waals surface area contributed by atoms with Gasteiger partial charge in [-0.1, -0.05) is 23.7 Å². The van der Waals surface area contributed by atoms with Crippen LogP contribution in [0.1, 0.15) is 55.4 Å². The molecule has 3 aromatic rings. The van der Waals surface area contributed by atoms with Crippen LogP contribution in [0.5, 0.6) is 17.2 Å². The number of benzene rings is 3. The van der Waals surface area contributed by atoms with Crippen molar-refractivity contribution in [2.24, 2.45) is 0 Å². The fourth-order valence-corrected chi connectivity index (χ4v) is 3.92. The minimum absolute atomic E-state index is 0.000862. The number of ether oxygens (including phenoxy) is 3. The van der Waals surface area contributed by atoms with Crippen molar-refractivity contribution in [1.82, 2.24) is 0 Å². The second kappa shape index (κ2) is 11.5. The van der Waals surface area contributed by atoms with Crippen LogP contribution in [0.3, 0.4) is 0 Å². The van der Waals surface area contributed by atoms with Gasteiger partial charge in [0.25, 0.3) is 0 Å². The zero-order valence-electron chi connectivity index (χ0n) is 19.5. The van der Waals surface area contributed by atoms with Gasteiger partial charge in [0.05, 0.1) is 26.9 Å². The van der Waals surface area contributed by atoms with Crippen molar-refractivity contribution in [3.63, 3.8) is 0 Å². The molecule has 3 aromatic carbocycles. The predicted molar refractivity (Wildman–Crippen MR) is 132 cm³/mol. The molecule has 0 bridgehead atoms. The third-order valence-corrected chi connectivity index (χ3v) is 5.87. The van der Waals surface area contributed by atoms with E-state index in [1.807, 2.05) is 0 Å². The first-order valence-corrected chi connectivity index (χ1v) is 11.1. The maximum absolute atomic E-state index is 13.3. The van der Waals surface area contributed by atoms with Crippen LogP contribution in [0, 0.1) is 0 Å². The van der Waals surface area contributed by atoms with Crippen molar-refractivity contribution in [2.75, 3.05) is 21.3 Å². The third kappa shape index (κ3) is 6.19. The van der Waals surface area contributed by atoms with E-state index in [4.69, 9.17) is 25.8 Å². The summed E-state index contributed by atoms with van der Waals surface area (Å²) in [5.41, 5.74) is 1.42. The van der Waals surface area contributed by atoms with E-state index < -0.39 is 11.9 Å². The molecular formula is C27H25ClO7. The Bertz CT molecular complexity index is 1210. The Balaban J connectivity index is 1.97. The summed E-state index contributed by atoms with van der Waals surface area (Å²) >= 11 is 5.93. The van der Waals surface area contributed by atoms with Crippen molar-refractivity contribution in [3.8, 4) is 17.2 Å². The van der Waals surface area contributed by atoms with Crippen molar-refractivity contribution >= 4 is 29.1 Å². The molecule has 8 heteroatoms. The Morgan fingerprint density at radius 3 is 1.86 bits per heavy atom. The zero-order valence-corrected chi connectivity index (χ0v) is 20.3. The molecule has 0 spiro atoms. The summed E-state index contributed by atoms with van der Waals surface area (Å²) in [7, 11) is 4.38. The van der Waals surface area contributed by atoms with Crippen LogP contribution in [-0.4, -0.2) is 44.0 Å². The normalized spacial score (nSPS) is 11.4. The lowest BCUT2D eigenvalue weighted by Crippen LogP contribution is -2.14. The van der Waals surface area contributed by atoms with Crippen LogP contribution in [0.15, 0.2) is 60.7 Å². The molecule has 0 fully saturated rings. The Labute approximate surface area is 208 Å². The van der Waals surface area contributed by atoms with Gasteiger partial charge in [0.1, 0.15) is 0 Å². The van der Waals surface area contributed by atoms with E-state index in [2.05, 4.69) is 0 Å². The van der Waals surface area contributed by atoms with Gasteiger partial charge in [-0.2, -0.15) is 0 Å². The van der Waals surface area contributed by atoms with E-state index in [0.717, 1.165) is 0 Å². The third-order valence-electron chi connectivity index (χ3n) is 5.62. The van der Waals surface area contributed by atoms with Crippen LogP contribution in [0.4, 0.5) is 0 Å². The summed E-state index contributed by atoms with van der Waals surface area (Å²) in [5.74, 6) is -1.09. The number of ketones is 2. The number of rotatable bonds is 11. The topological polar surface area (TPSA) is 99.1 Å². The average molecular weight is 497 g/mol. The lowest BCUT2D eigenvalue weighted by Gasteiger charge is -2.18. The summed E-state index contributed by atoms with van der Waals surface area (Å²) in [6.07, 6.45) is -0.0398. The van der Waals surface area contributed by atoms with Crippen LogP contribution in [0.2, 0.25) is 5.02 Å². The minimum atomic E-state index is -1.09. The van der Waals surface area contributed by atoms with Crippen molar-refractivity contribution in [3.05, 3.63) is 87.9 Å². The van der Waals surface area contributed by atoms with Gasteiger partial charge >= 0.3 is 5.97 Å². The second-order valence-electron chi connectivity index (χ2n) is 7.80. The van der Waals surface area contributed by atoms with Crippen LogP contribution in [-0.2, 0) is 0 Å². The largest absolute Gasteiger partial charge is 0.493 e. The lowest BCUT2D eigenvalue weighted by molar-refractivity contribution is 0.0696. The summed E-state index contributed by atoms with van der Waals surface area (Å²) in [6.45, 7) is 0. The zero-order chi connectivity index (χ0) is 25.5. The van der Waals surface area contributed by atoms with Gasteiger partial charge in [0, 0.05) is 29.0 Å². The number of hydrogen-bond acceptors (Lipinski definition) is 6. The molecule has 3 rings (SSSR count). The fraction of sp³-hybridized carbons (Fsp3) is 0.222. The molecule has 1 atom stereocenters. The SMILES string of the molecule is COc1cc(C(=O)CC(CC(=O)c2ccc(Cl)cc2)c2cccc(C(=O)O)c2)cc(OC)c1OC. The number of halogens is 1. The van der Waals surface area contributed by atoms with E-state index in [1.54, 1.807) is 48.5 Å². The molecule has 1 unspecified atom stereocenters. The average Bonchev–Trinajstić information content (AvgIpc) is 2.87. The highest BCUT2D eigenvalue weighted by atomic mass is 35.5. The second-order valence-corrected chi connectivity index (χ2v) is 8.24. The lowest BCUT2D eigenvalue weighted by atomic mass is 9.85. The first-order chi connectivity index (χ1) is 16.8. The molecular weight excluding hydrogens is 472 g/mol. The molecule has 0 saturated carbocycles. The van der Waals surface area contributed by atoms with Gasteiger partial charge in [0.15, 0.2) is 23.1 Å². The Morgan fingerprint density at radius 2 is 1.34 bits per heavy atom. The number of aromatic carboxylic acids is 1. The number of Topliss-reactive ketones (excluding diaryl/α,β-unsaturated/α-hetero) is 2. The van der Waals surface area contributed by atoms with E-state index in [9.17, 15) is 19.5 Å². The Hall–Kier alpha value is -3.84.